The Bertz CT molecular complexity index is 650. The first-order valence-electron chi connectivity index (χ1n) is 6.20. The van der Waals surface area contributed by atoms with Crippen LogP contribution in [0.15, 0.2) is 23.1 Å². The van der Waals surface area contributed by atoms with E-state index >= 15 is 0 Å². The van der Waals surface area contributed by atoms with Crippen molar-refractivity contribution in [3.63, 3.8) is 0 Å². The Balaban J connectivity index is 2.20. The van der Waals surface area contributed by atoms with Crippen molar-refractivity contribution in [1.82, 2.24) is 4.31 Å². The lowest BCUT2D eigenvalue weighted by Gasteiger charge is -2.20. The third-order valence-corrected chi connectivity index (χ3v) is 5.51. The summed E-state index contributed by atoms with van der Waals surface area (Å²) in [5.74, 6) is 0.206. The molecule has 2 rings (SSSR count). The van der Waals surface area contributed by atoms with Gasteiger partial charge in [-0.1, -0.05) is 11.6 Å². The molecular formula is C13H15ClN2O3S. The molecule has 5 nitrogen and oxygen atoms in total. The predicted octanol–water partition coefficient (Wildman–Crippen LogP) is 1.60. The number of nitriles is 1. The van der Waals surface area contributed by atoms with E-state index in [0.29, 0.717) is 0 Å². The summed E-state index contributed by atoms with van der Waals surface area (Å²) in [6.07, 6.45) is 1.25. The fourth-order valence-corrected chi connectivity index (χ4v) is 3.42. The quantitative estimate of drug-likeness (QED) is 0.895. The molecule has 7 heteroatoms. The van der Waals surface area contributed by atoms with Crippen LogP contribution in [0.25, 0.3) is 0 Å². The van der Waals surface area contributed by atoms with Gasteiger partial charge in [-0.25, -0.2) is 8.42 Å². The highest BCUT2D eigenvalue weighted by Crippen LogP contribution is 2.33. The number of benzene rings is 1. The minimum atomic E-state index is -3.71. The molecule has 1 atom stereocenters. The predicted molar refractivity (Wildman–Crippen MR) is 74.7 cm³/mol. The molecule has 0 aromatic heterocycles. The lowest BCUT2D eigenvalue weighted by atomic mass is 10.2. The highest BCUT2D eigenvalue weighted by molar-refractivity contribution is 7.89. The number of nitrogens with zero attached hydrogens (tertiary/aromatic N) is 2. The zero-order valence-corrected chi connectivity index (χ0v) is 12.5. The van der Waals surface area contributed by atoms with Gasteiger partial charge in [-0.2, -0.15) is 9.57 Å². The molecule has 1 aromatic rings. The van der Waals surface area contributed by atoms with E-state index < -0.39 is 16.1 Å². The fourth-order valence-electron chi connectivity index (χ4n) is 1.92. The molecule has 1 unspecified atom stereocenters. The van der Waals surface area contributed by atoms with E-state index in [-0.39, 0.29) is 27.9 Å². The number of rotatable bonds is 5. The van der Waals surface area contributed by atoms with Crippen molar-refractivity contribution >= 4 is 21.6 Å². The molecule has 0 spiro atoms. The molecule has 0 bridgehead atoms. The van der Waals surface area contributed by atoms with Crippen LogP contribution in [-0.4, -0.2) is 37.5 Å². The normalized spacial score (nSPS) is 16.9. The van der Waals surface area contributed by atoms with E-state index in [2.05, 4.69) is 0 Å². The number of hydrogen-bond donors (Lipinski definition) is 1. The van der Waals surface area contributed by atoms with Gasteiger partial charge in [0.2, 0.25) is 10.0 Å². The van der Waals surface area contributed by atoms with E-state index in [1.54, 1.807) is 0 Å². The zero-order chi connectivity index (χ0) is 14.9. The van der Waals surface area contributed by atoms with Crippen LogP contribution in [0.1, 0.15) is 18.4 Å². The summed E-state index contributed by atoms with van der Waals surface area (Å²) in [5.41, 5.74) is 0.228. The highest BCUT2D eigenvalue weighted by Gasteiger charge is 2.33. The summed E-state index contributed by atoms with van der Waals surface area (Å²) in [5, 5.41) is 18.7. The first-order chi connectivity index (χ1) is 9.36. The number of aliphatic hydroxyl groups excluding tert-OH is 1. The molecule has 0 radical (unpaired) electrons. The van der Waals surface area contributed by atoms with Gasteiger partial charge in [0, 0.05) is 13.6 Å². The Morgan fingerprint density at radius 3 is 2.70 bits per heavy atom. The Labute approximate surface area is 123 Å². The van der Waals surface area contributed by atoms with Gasteiger partial charge in [0.25, 0.3) is 0 Å². The van der Waals surface area contributed by atoms with Gasteiger partial charge in [-0.15, -0.1) is 0 Å². The smallest absolute Gasteiger partial charge is 0.242 e. The summed E-state index contributed by atoms with van der Waals surface area (Å²) in [6.45, 7) is 0.0601. The van der Waals surface area contributed by atoms with Crippen LogP contribution in [0.4, 0.5) is 0 Å². The molecule has 20 heavy (non-hydrogen) atoms. The van der Waals surface area contributed by atoms with Crippen molar-refractivity contribution in [2.75, 3.05) is 13.6 Å². The minimum Gasteiger partial charge on any atom is -0.391 e. The van der Waals surface area contributed by atoms with Crippen molar-refractivity contribution in [3.8, 4) is 6.07 Å². The minimum absolute atomic E-state index is 0.0204. The zero-order valence-electron chi connectivity index (χ0n) is 11.0. The number of likely N-dealkylation sites (N-methyl/N-ethyl adjacent to an activating group) is 1. The Morgan fingerprint density at radius 1 is 1.55 bits per heavy atom. The van der Waals surface area contributed by atoms with Crippen molar-refractivity contribution in [2.45, 2.75) is 23.8 Å². The van der Waals surface area contributed by atoms with Gasteiger partial charge < -0.3 is 5.11 Å². The Kier molecular flexibility index (Phi) is 4.35. The van der Waals surface area contributed by atoms with Gasteiger partial charge in [-0.05, 0) is 37.0 Å². The molecule has 0 amide bonds. The number of hydrogen-bond acceptors (Lipinski definition) is 4. The van der Waals surface area contributed by atoms with Crippen molar-refractivity contribution in [2.24, 2.45) is 5.92 Å². The summed E-state index contributed by atoms with van der Waals surface area (Å²) in [4.78, 5) is 0.0204. The molecule has 1 fully saturated rings. The van der Waals surface area contributed by atoms with E-state index in [9.17, 15) is 13.5 Å². The van der Waals surface area contributed by atoms with Gasteiger partial charge in [0.15, 0.2) is 0 Å². The molecule has 0 aliphatic heterocycles. The van der Waals surface area contributed by atoms with Crippen LogP contribution in [0, 0.1) is 17.2 Å². The van der Waals surface area contributed by atoms with E-state index in [1.165, 1.54) is 25.2 Å². The average molecular weight is 315 g/mol. The fraction of sp³-hybridized carbons (Fsp3) is 0.462. The highest BCUT2D eigenvalue weighted by atomic mass is 35.5. The maximum atomic E-state index is 12.3. The number of sulfonamides is 1. The standard InChI is InChI=1S/C13H15ClN2O3S/c1-16(8-13(17)9-2-3-9)20(18,19)11-5-4-10(7-15)12(14)6-11/h4-6,9,13,17H,2-3,8H2,1H3. The largest absolute Gasteiger partial charge is 0.391 e. The van der Waals surface area contributed by atoms with Crippen LogP contribution in [-0.2, 0) is 10.0 Å². The molecule has 1 aromatic carbocycles. The monoisotopic (exact) mass is 314 g/mol. The molecule has 1 N–H and O–H groups in total. The van der Waals surface area contributed by atoms with Crippen LogP contribution in [0.2, 0.25) is 5.02 Å². The summed E-state index contributed by atoms with van der Waals surface area (Å²) < 4.78 is 25.8. The first-order valence-corrected chi connectivity index (χ1v) is 8.02. The molecule has 1 aliphatic rings. The molecule has 0 heterocycles. The van der Waals surface area contributed by atoms with Crippen molar-refractivity contribution in [1.29, 1.82) is 5.26 Å². The van der Waals surface area contributed by atoms with Crippen LogP contribution >= 0.6 is 11.6 Å². The summed E-state index contributed by atoms with van der Waals surface area (Å²) >= 11 is 5.85. The van der Waals surface area contributed by atoms with Gasteiger partial charge >= 0.3 is 0 Å². The van der Waals surface area contributed by atoms with Crippen LogP contribution in [0.5, 0.6) is 0 Å². The van der Waals surface area contributed by atoms with Gasteiger partial charge in [0.1, 0.15) is 6.07 Å². The first kappa shape index (κ1) is 15.3. The van der Waals surface area contributed by atoms with Crippen LogP contribution in [0.3, 0.4) is 0 Å². The molecule has 1 aliphatic carbocycles. The molecule has 108 valence electrons. The molecule has 0 saturated heterocycles. The second kappa shape index (κ2) is 5.70. The Morgan fingerprint density at radius 2 is 2.20 bits per heavy atom. The van der Waals surface area contributed by atoms with Crippen molar-refractivity contribution < 1.29 is 13.5 Å². The summed E-state index contributed by atoms with van der Waals surface area (Å²) in [6, 6.07) is 5.86. The van der Waals surface area contributed by atoms with E-state index in [4.69, 9.17) is 16.9 Å². The molecular weight excluding hydrogens is 300 g/mol. The van der Waals surface area contributed by atoms with Crippen molar-refractivity contribution in [3.05, 3.63) is 28.8 Å². The second-order valence-corrected chi connectivity index (χ2v) is 7.40. The maximum Gasteiger partial charge on any atom is 0.242 e. The second-order valence-electron chi connectivity index (χ2n) is 4.94. The van der Waals surface area contributed by atoms with Gasteiger partial charge in [-0.3, -0.25) is 0 Å². The third-order valence-electron chi connectivity index (χ3n) is 3.38. The maximum absolute atomic E-state index is 12.3. The Hall–Kier alpha value is -1.13. The summed E-state index contributed by atoms with van der Waals surface area (Å²) in [7, 11) is -2.28. The van der Waals surface area contributed by atoms with E-state index in [0.717, 1.165) is 17.1 Å². The van der Waals surface area contributed by atoms with Gasteiger partial charge in [0.05, 0.1) is 21.6 Å². The van der Waals surface area contributed by atoms with Crippen LogP contribution < -0.4 is 0 Å². The lowest BCUT2D eigenvalue weighted by molar-refractivity contribution is 0.131. The molecule has 1 saturated carbocycles. The SMILES string of the molecule is CN(CC(O)C1CC1)S(=O)(=O)c1ccc(C#N)c(Cl)c1. The number of halogens is 1. The average Bonchev–Trinajstić information content (AvgIpc) is 3.22. The third kappa shape index (κ3) is 3.13. The van der Waals surface area contributed by atoms with E-state index in [1.807, 2.05) is 6.07 Å². The number of aliphatic hydroxyl groups is 1. The lowest BCUT2D eigenvalue weighted by Crippen LogP contribution is -2.35. The topological polar surface area (TPSA) is 81.4 Å².